The van der Waals surface area contributed by atoms with Crippen molar-refractivity contribution in [1.29, 1.82) is 0 Å². The molecule has 0 fully saturated rings. The van der Waals surface area contributed by atoms with Crippen molar-refractivity contribution in [3.8, 4) is 0 Å². The molecule has 0 bridgehead atoms. The summed E-state index contributed by atoms with van der Waals surface area (Å²) < 4.78 is 0. The number of nitrogens with one attached hydrogen (secondary N) is 1. The number of aliphatic carboxylic acids is 2. The first kappa shape index (κ1) is 10.9. The van der Waals surface area contributed by atoms with Gasteiger partial charge in [0.25, 0.3) is 0 Å². The van der Waals surface area contributed by atoms with E-state index in [9.17, 15) is 9.59 Å². The number of carbonyl (C=O) groups is 2. The van der Waals surface area contributed by atoms with Crippen molar-refractivity contribution in [2.24, 2.45) is 5.73 Å². The van der Waals surface area contributed by atoms with Crippen molar-refractivity contribution in [3.05, 3.63) is 0 Å². The molecule has 0 heterocycles. The van der Waals surface area contributed by atoms with Crippen LogP contribution in [0, 0.1) is 0 Å². The summed E-state index contributed by atoms with van der Waals surface area (Å²) >= 11 is 0. The summed E-state index contributed by atoms with van der Waals surface area (Å²) in [5, 5.41) is 19.1. The fourth-order valence-corrected chi connectivity index (χ4v) is 0.681. The second-order valence-electron chi connectivity index (χ2n) is 2.31. The smallest absolute Gasteiger partial charge is 0.317 e. The van der Waals surface area contributed by atoms with E-state index in [2.05, 4.69) is 5.32 Å². The van der Waals surface area contributed by atoms with Gasteiger partial charge in [0, 0.05) is 12.6 Å². The summed E-state index contributed by atoms with van der Waals surface area (Å²) in [5.74, 6) is -2.03. The monoisotopic (exact) mass is 176 g/mol. The van der Waals surface area contributed by atoms with E-state index in [1.54, 1.807) is 0 Å². The maximum absolute atomic E-state index is 10.2. The average Bonchev–Trinajstić information content (AvgIpc) is 1.97. The molecule has 0 spiro atoms. The van der Waals surface area contributed by atoms with Gasteiger partial charge >= 0.3 is 11.9 Å². The van der Waals surface area contributed by atoms with E-state index in [0.29, 0.717) is 0 Å². The van der Waals surface area contributed by atoms with Crippen LogP contribution in [0.1, 0.15) is 6.42 Å². The van der Waals surface area contributed by atoms with E-state index in [1.807, 2.05) is 0 Å². The lowest BCUT2D eigenvalue weighted by Crippen LogP contribution is -2.40. The standard InChI is InChI=1S/C6H12N2O4/c7-2-4(1-5(9)10)8-3-6(11)12/h4,8H,1-3,7H2,(H,9,10)(H,11,12). The average molecular weight is 176 g/mol. The van der Waals surface area contributed by atoms with Crippen LogP contribution in [0.5, 0.6) is 0 Å². The van der Waals surface area contributed by atoms with Crippen molar-refractivity contribution in [2.45, 2.75) is 12.5 Å². The molecule has 0 amide bonds. The van der Waals surface area contributed by atoms with E-state index in [1.165, 1.54) is 0 Å². The molecule has 0 saturated carbocycles. The summed E-state index contributed by atoms with van der Waals surface area (Å²) in [4.78, 5) is 20.2. The van der Waals surface area contributed by atoms with Crippen LogP contribution in [0.15, 0.2) is 0 Å². The first-order valence-corrected chi connectivity index (χ1v) is 3.43. The number of hydrogen-bond donors (Lipinski definition) is 4. The summed E-state index contributed by atoms with van der Waals surface area (Å²) in [6.07, 6.45) is -0.163. The molecule has 1 atom stereocenters. The lowest BCUT2D eigenvalue weighted by atomic mass is 10.2. The Labute approximate surface area is 69.4 Å². The molecular weight excluding hydrogens is 164 g/mol. The number of carboxylic acid groups (broad SMARTS) is 2. The molecule has 70 valence electrons. The zero-order valence-electron chi connectivity index (χ0n) is 6.49. The van der Waals surface area contributed by atoms with Gasteiger partial charge in [-0.3, -0.25) is 9.59 Å². The number of rotatable bonds is 6. The van der Waals surface area contributed by atoms with E-state index in [4.69, 9.17) is 15.9 Å². The Balaban J connectivity index is 3.67. The molecule has 1 unspecified atom stereocenters. The second-order valence-corrected chi connectivity index (χ2v) is 2.31. The van der Waals surface area contributed by atoms with E-state index < -0.39 is 18.0 Å². The third kappa shape index (κ3) is 5.63. The minimum atomic E-state index is -1.03. The van der Waals surface area contributed by atoms with Crippen molar-refractivity contribution < 1.29 is 19.8 Å². The Morgan fingerprint density at radius 3 is 2.25 bits per heavy atom. The van der Waals surface area contributed by atoms with E-state index in [-0.39, 0.29) is 19.5 Å². The molecule has 0 aromatic carbocycles. The van der Waals surface area contributed by atoms with Crippen LogP contribution < -0.4 is 11.1 Å². The van der Waals surface area contributed by atoms with Crippen LogP contribution in [-0.4, -0.2) is 41.3 Å². The predicted molar refractivity (Wildman–Crippen MR) is 40.7 cm³/mol. The van der Waals surface area contributed by atoms with Gasteiger partial charge < -0.3 is 21.3 Å². The van der Waals surface area contributed by atoms with Crippen LogP contribution >= 0.6 is 0 Å². The second kappa shape index (κ2) is 5.50. The highest BCUT2D eigenvalue weighted by Crippen LogP contribution is 1.88. The molecule has 12 heavy (non-hydrogen) atoms. The first-order chi connectivity index (χ1) is 5.56. The molecule has 0 aliphatic carbocycles. The molecule has 0 aromatic rings. The molecule has 6 heteroatoms. The van der Waals surface area contributed by atoms with Gasteiger partial charge in [-0.05, 0) is 0 Å². The fraction of sp³-hybridized carbons (Fsp3) is 0.667. The zero-order chi connectivity index (χ0) is 9.56. The first-order valence-electron chi connectivity index (χ1n) is 3.43. The minimum Gasteiger partial charge on any atom is -0.481 e. The topological polar surface area (TPSA) is 113 Å². The van der Waals surface area contributed by atoms with Crippen LogP contribution in [0.25, 0.3) is 0 Å². The van der Waals surface area contributed by atoms with Gasteiger partial charge in [-0.2, -0.15) is 0 Å². The van der Waals surface area contributed by atoms with Gasteiger partial charge in [0.05, 0.1) is 13.0 Å². The third-order valence-electron chi connectivity index (χ3n) is 1.25. The summed E-state index contributed by atoms with van der Waals surface area (Å²) in [6.45, 7) is -0.158. The van der Waals surface area contributed by atoms with Gasteiger partial charge in [-0.15, -0.1) is 0 Å². The molecule has 0 radical (unpaired) electrons. The largest absolute Gasteiger partial charge is 0.481 e. The number of nitrogens with two attached hydrogens (primary N) is 1. The molecule has 0 saturated heterocycles. The quantitative estimate of drug-likeness (QED) is 0.390. The molecule has 0 aliphatic rings. The molecular formula is C6H12N2O4. The highest BCUT2D eigenvalue weighted by atomic mass is 16.4. The Bertz CT molecular complexity index is 171. The molecule has 0 aliphatic heterocycles. The Morgan fingerprint density at radius 1 is 1.33 bits per heavy atom. The normalized spacial score (nSPS) is 12.4. The maximum Gasteiger partial charge on any atom is 0.317 e. The van der Waals surface area contributed by atoms with Crippen LogP contribution in [0.4, 0.5) is 0 Å². The van der Waals surface area contributed by atoms with E-state index >= 15 is 0 Å². The van der Waals surface area contributed by atoms with Crippen molar-refractivity contribution in [2.75, 3.05) is 13.1 Å². The van der Waals surface area contributed by atoms with Crippen LogP contribution in [0.2, 0.25) is 0 Å². The Morgan fingerprint density at radius 2 is 1.92 bits per heavy atom. The fourth-order valence-electron chi connectivity index (χ4n) is 0.681. The Kier molecular flexibility index (Phi) is 4.98. The van der Waals surface area contributed by atoms with Gasteiger partial charge in [0.1, 0.15) is 0 Å². The van der Waals surface area contributed by atoms with Crippen molar-refractivity contribution in [1.82, 2.24) is 5.32 Å². The van der Waals surface area contributed by atoms with Crippen LogP contribution in [0.3, 0.4) is 0 Å². The van der Waals surface area contributed by atoms with Gasteiger partial charge in [0.2, 0.25) is 0 Å². The lowest BCUT2D eigenvalue weighted by molar-refractivity contribution is -0.139. The van der Waals surface area contributed by atoms with Gasteiger partial charge in [-0.25, -0.2) is 0 Å². The predicted octanol–water partition coefficient (Wildman–Crippen LogP) is -1.54. The summed E-state index contributed by atoms with van der Waals surface area (Å²) in [5.41, 5.74) is 5.19. The number of carboxylic acids is 2. The highest BCUT2D eigenvalue weighted by Gasteiger charge is 2.11. The third-order valence-corrected chi connectivity index (χ3v) is 1.25. The minimum absolute atomic E-state index is 0.111. The van der Waals surface area contributed by atoms with Crippen molar-refractivity contribution in [3.63, 3.8) is 0 Å². The van der Waals surface area contributed by atoms with Gasteiger partial charge in [-0.1, -0.05) is 0 Å². The van der Waals surface area contributed by atoms with Crippen LogP contribution in [-0.2, 0) is 9.59 Å². The van der Waals surface area contributed by atoms with Gasteiger partial charge in [0.15, 0.2) is 0 Å². The summed E-state index contributed by atoms with van der Waals surface area (Å²) in [7, 11) is 0. The van der Waals surface area contributed by atoms with Crippen molar-refractivity contribution >= 4 is 11.9 Å². The SMILES string of the molecule is NCC(CC(=O)O)NCC(=O)O. The summed E-state index contributed by atoms with van der Waals surface area (Å²) in [6, 6.07) is -0.474. The Hall–Kier alpha value is -1.14. The van der Waals surface area contributed by atoms with E-state index in [0.717, 1.165) is 0 Å². The lowest BCUT2D eigenvalue weighted by Gasteiger charge is -2.11. The highest BCUT2D eigenvalue weighted by molar-refractivity contribution is 5.70. The molecule has 6 nitrogen and oxygen atoms in total. The molecule has 5 N–H and O–H groups in total. The maximum atomic E-state index is 10.2. The number of hydrogen-bond acceptors (Lipinski definition) is 4. The zero-order valence-corrected chi connectivity index (χ0v) is 6.49. The molecule has 0 aromatic heterocycles. The molecule has 0 rings (SSSR count).